The van der Waals surface area contributed by atoms with Crippen LogP contribution >= 0.6 is 11.6 Å². The van der Waals surface area contributed by atoms with Gasteiger partial charge >= 0.3 is 0 Å². The van der Waals surface area contributed by atoms with Crippen molar-refractivity contribution in [1.29, 1.82) is 0 Å². The van der Waals surface area contributed by atoms with Crippen LogP contribution in [0.2, 0.25) is 5.02 Å². The lowest BCUT2D eigenvalue weighted by Crippen LogP contribution is -2.55. The Balaban J connectivity index is 1.66. The smallest absolute Gasteiger partial charge is 0.0758 e. The highest BCUT2D eigenvalue weighted by Gasteiger charge is 2.50. The van der Waals surface area contributed by atoms with E-state index >= 15 is 0 Å². The highest BCUT2D eigenvalue weighted by Crippen LogP contribution is 2.51. The Morgan fingerprint density at radius 2 is 1.92 bits per heavy atom. The molecule has 3 aliphatic rings. The molecule has 1 heterocycles. The first-order valence-electron chi connectivity index (χ1n) is 10.6. The molecule has 144 valence electrons. The maximum atomic E-state index is 12.1. The van der Waals surface area contributed by atoms with Crippen LogP contribution in [0.15, 0.2) is 24.3 Å². The number of hydrogen-bond acceptors (Lipinski definition) is 3. The van der Waals surface area contributed by atoms with E-state index in [2.05, 4.69) is 22.3 Å². The lowest BCUT2D eigenvalue weighted by Gasteiger charge is -2.52. The van der Waals surface area contributed by atoms with E-state index in [1.165, 1.54) is 37.7 Å². The average Bonchev–Trinajstić information content (AvgIpc) is 2.67. The third-order valence-corrected chi connectivity index (χ3v) is 7.44. The lowest BCUT2D eigenvalue weighted by molar-refractivity contribution is -0.112. The summed E-state index contributed by atoms with van der Waals surface area (Å²) in [6, 6.07) is 8.27. The van der Waals surface area contributed by atoms with Crippen molar-refractivity contribution in [3.63, 3.8) is 0 Å². The zero-order valence-electron chi connectivity index (χ0n) is 15.8. The lowest BCUT2D eigenvalue weighted by atomic mass is 9.58. The molecule has 0 radical (unpaired) electrons. The molecule has 1 aliphatic heterocycles. The quantitative estimate of drug-likeness (QED) is 0.832. The number of nitrogens with zero attached hydrogens (tertiary/aromatic N) is 1. The summed E-state index contributed by atoms with van der Waals surface area (Å²) >= 11 is 6.35. The molecule has 4 atom stereocenters. The summed E-state index contributed by atoms with van der Waals surface area (Å²) < 4.78 is 0. The maximum Gasteiger partial charge on any atom is 0.0758 e. The van der Waals surface area contributed by atoms with Gasteiger partial charge in [-0.1, -0.05) is 49.4 Å². The number of benzene rings is 1. The van der Waals surface area contributed by atoms with E-state index in [0.717, 1.165) is 50.6 Å². The minimum atomic E-state index is -0.584. The predicted molar refractivity (Wildman–Crippen MR) is 108 cm³/mol. The minimum Gasteiger partial charge on any atom is -0.389 e. The molecule has 26 heavy (non-hydrogen) atoms. The molecular weight excluding hydrogens is 344 g/mol. The molecule has 0 amide bonds. The summed E-state index contributed by atoms with van der Waals surface area (Å²) in [5.41, 5.74) is 0.642. The third-order valence-electron chi connectivity index (χ3n) is 7.21. The van der Waals surface area contributed by atoms with Gasteiger partial charge in [0.25, 0.3) is 0 Å². The van der Waals surface area contributed by atoms with Gasteiger partial charge in [0.2, 0.25) is 0 Å². The average molecular weight is 377 g/mol. The van der Waals surface area contributed by atoms with E-state index in [0.29, 0.717) is 11.8 Å². The second kappa shape index (κ2) is 8.18. The molecule has 2 aliphatic carbocycles. The van der Waals surface area contributed by atoms with Crippen molar-refractivity contribution >= 4 is 11.6 Å². The van der Waals surface area contributed by atoms with Gasteiger partial charge in [-0.2, -0.15) is 0 Å². The Hall–Kier alpha value is -0.610. The Bertz CT molecular complexity index is 602. The van der Waals surface area contributed by atoms with E-state index in [4.69, 9.17) is 11.6 Å². The van der Waals surface area contributed by atoms with Crippen LogP contribution in [-0.4, -0.2) is 48.3 Å². The van der Waals surface area contributed by atoms with Crippen LogP contribution in [0.5, 0.6) is 0 Å². The molecule has 0 spiro atoms. The molecule has 0 bridgehead atoms. The van der Waals surface area contributed by atoms with E-state index in [-0.39, 0.29) is 5.92 Å². The van der Waals surface area contributed by atoms with Gasteiger partial charge in [-0.05, 0) is 48.8 Å². The van der Waals surface area contributed by atoms with Gasteiger partial charge in [0, 0.05) is 43.7 Å². The molecular formula is C22H33ClN2O. The Morgan fingerprint density at radius 3 is 2.73 bits per heavy atom. The number of nitrogens with one attached hydrogen (secondary N) is 1. The molecule has 4 heteroatoms. The zero-order chi connectivity index (χ0) is 18.0. The van der Waals surface area contributed by atoms with Crippen LogP contribution < -0.4 is 5.32 Å². The maximum absolute atomic E-state index is 12.1. The first-order chi connectivity index (χ1) is 12.7. The number of hydrogen-bond donors (Lipinski definition) is 2. The first kappa shape index (κ1) is 18.7. The van der Waals surface area contributed by atoms with Crippen molar-refractivity contribution in [2.45, 2.75) is 56.5 Å². The van der Waals surface area contributed by atoms with Gasteiger partial charge in [-0.15, -0.1) is 0 Å². The second-order valence-corrected chi connectivity index (χ2v) is 9.13. The number of piperazine rings is 1. The molecule has 1 aromatic carbocycles. The van der Waals surface area contributed by atoms with Crippen molar-refractivity contribution < 1.29 is 5.11 Å². The van der Waals surface area contributed by atoms with Crippen LogP contribution in [0.25, 0.3) is 0 Å². The predicted octanol–water partition coefficient (Wildman–Crippen LogP) is 4.05. The fourth-order valence-electron chi connectivity index (χ4n) is 5.90. The Kier molecular flexibility index (Phi) is 5.90. The number of fused-ring (bicyclic) bond motifs is 1. The summed E-state index contributed by atoms with van der Waals surface area (Å²) in [4.78, 5) is 2.53. The van der Waals surface area contributed by atoms with E-state index in [1.54, 1.807) is 0 Å². The van der Waals surface area contributed by atoms with Crippen molar-refractivity contribution in [3.05, 3.63) is 34.9 Å². The van der Waals surface area contributed by atoms with Crippen molar-refractivity contribution in [3.8, 4) is 0 Å². The standard InChI is InChI=1S/C22H33ClN2O/c23-19-8-3-6-18(15-19)21(16-25-13-11-24-12-14-25)22(26)10-4-7-17-5-1-2-9-20(17)22/h3,6,8,15,17,20-21,24,26H,1-2,4-5,7,9-14,16H2. The number of rotatable bonds is 4. The highest BCUT2D eigenvalue weighted by molar-refractivity contribution is 6.30. The summed E-state index contributed by atoms with van der Waals surface area (Å²) in [5, 5.41) is 16.3. The van der Waals surface area contributed by atoms with Crippen molar-refractivity contribution in [2.24, 2.45) is 11.8 Å². The fraction of sp³-hybridized carbons (Fsp3) is 0.727. The molecule has 2 N–H and O–H groups in total. The van der Waals surface area contributed by atoms with Gasteiger partial charge in [0.05, 0.1) is 5.60 Å². The number of aliphatic hydroxyl groups is 1. The van der Waals surface area contributed by atoms with Gasteiger partial charge in [-0.25, -0.2) is 0 Å². The number of halogens is 1. The summed E-state index contributed by atoms with van der Waals surface area (Å²) in [6.45, 7) is 5.18. The van der Waals surface area contributed by atoms with Crippen molar-refractivity contribution in [2.75, 3.05) is 32.7 Å². The van der Waals surface area contributed by atoms with Crippen LogP contribution in [-0.2, 0) is 0 Å². The van der Waals surface area contributed by atoms with Gasteiger partial charge < -0.3 is 15.3 Å². The van der Waals surface area contributed by atoms with E-state index in [1.807, 2.05) is 12.1 Å². The monoisotopic (exact) mass is 376 g/mol. The van der Waals surface area contributed by atoms with E-state index in [9.17, 15) is 5.11 Å². The van der Waals surface area contributed by atoms with Crippen LogP contribution in [0.3, 0.4) is 0 Å². The summed E-state index contributed by atoms with van der Waals surface area (Å²) in [6.07, 6.45) is 8.54. The first-order valence-corrected chi connectivity index (χ1v) is 11.0. The minimum absolute atomic E-state index is 0.158. The van der Waals surface area contributed by atoms with Gasteiger partial charge in [-0.3, -0.25) is 0 Å². The van der Waals surface area contributed by atoms with Gasteiger partial charge in [0.1, 0.15) is 0 Å². The molecule has 3 fully saturated rings. The normalized spacial score (nSPS) is 34.2. The third kappa shape index (κ3) is 3.82. The molecule has 0 aromatic heterocycles. The van der Waals surface area contributed by atoms with Crippen LogP contribution in [0.4, 0.5) is 0 Å². The largest absolute Gasteiger partial charge is 0.389 e. The molecule has 2 saturated carbocycles. The summed E-state index contributed by atoms with van der Waals surface area (Å²) in [7, 11) is 0. The molecule has 1 saturated heterocycles. The van der Waals surface area contributed by atoms with E-state index < -0.39 is 5.60 Å². The topological polar surface area (TPSA) is 35.5 Å². The van der Waals surface area contributed by atoms with Crippen LogP contribution in [0.1, 0.15) is 56.4 Å². The van der Waals surface area contributed by atoms with Crippen LogP contribution in [0, 0.1) is 11.8 Å². The highest BCUT2D eigenvalue weighted by atomic mass is 35.5. The van der Waals surface area contributed by atoms with Gasteiger partial charge in [0.15, 0.2) is 0 Å². The molecule has 1 aromatic rings. The summed E-state index contributed by atoms with van der Waals surface area (Å²) in [5.74, 6) is 1.33. The Morgan fingerprint density at radius 1 is 1.15 bits per heavy atom. The fourth-order valence-corrected chi connectivity index (χ4v) is 6.10. The Labute approximate surface area is 163 Å². The molecule has 4 unspecified atom stereocenters. The van der Waals surface area contributed by atoms with Crippen molar-refractivity contribution in [1.82, 2.24) is 10.2 Å². The molecule has 4 rings (SSSR count). The SMILES string of the molecule is OC1(C(CN2CCNCC2)c2cccc(Cl)c2)CCCC2CCCCC21. The molecule has 3 nitrogen and oxygen atoms in total. The second-order valence-electron chi connectivity index (χ2n) is 8.69. The zero-order valence-corrected chi connectivity index (χ0v) is 16.6.